The Balaban J connectivity index is 0.000000186. The molecule has 0 radical (unpaired) electrons. The third-order valence-corrected chi connectivity index (χ3v) is 16.5. The number of aryl methyl sites for hydroxylation is 1. The average Bonchev–Trinajstić information content (AvgIpc) is 3.25. The zero-order chi connectivity index (χ0) is 38.5. The van der Waals surface area contributed by atoms with Crippen LogP contribution in [0.2, 0.25) is 0 Å². The van der Waals surface area contributed by atoms with E-state index in [-0.39, 0.29) is 9.75 Å². The van der Waals surface area contributed by atoms with Gasteiger partial charge in [0.25, 0.3) is 0 Å². The van der Waals surface area contributed by atoms with E-state index in [0.717, 1.165) is 38.5 Å². The highest BCUT2D eigenvalue weighted by Crippen LogP contribution is 2.20. The maximum Gasteiger partial charge on any atom is 0.504 e. The molecule has 2 heterocycles. The topological polar surface area (TPSA) is 91.5 Å². The van der Waals surface area contributed by atoms with Crippen LogP contribution < -0.4 is 39.9 Å². The van der Waals surface area contributed by atoms with Gasteiger partial charge in [-0.3, -0.25) is 0 Å². The van der Waals surface area contributed by atoms with E-state index in [1.165, 1.54) is 41.4 Å². The third-order valence-electron chi connectivity index (χ3n) is 9.49. The molecule has 0 amide bonds. The Hall–Kier alpha value is -6.77. The number of aromatic nitrogens is 4. The molecule has 0 fully saturated rings. The van der Waals surface area contributed by atoms with Crippen molar-refractivity contribution in [1.82, 2.24) is 10.2 Å². The van der Waals surface area contributed by atoms with Crippen LogP contribution in [0.4, 0.5) is 0 Å². The normalized spacial score (nSPS) is 11.1. The number of rotatable bonds is 6. The van der Waals surface area contributed by atoms with Gasteiger partial charge in [-0.1, -0.05) is 140 Å². The van der Waals surface area contributed by atoms with Crippen LogP contribution in [0.25, 0.3) is 31.8 Å². The summed E-state index contributed by atoms with van der Waals surface area (Å²) in [7, 11) is -2.76. The fraction of sp³-hybridized carbons (Fsp3) is 0.0217. The Labute approximate surface area is 332 Å². The Morgan fingerprint density at radius 1 is 0.518 bits per heavy atom. The van der Waals surface area contributed by atoms with Crippen molar-refractivity contribution in [3.63, 3.8) is 0 Å². The molecule has 0 N–H and O–H groups in total. The van der Waals surface area contributed by atoms with E-state index < -0.39 is 8.07 Å². The molecular weight excluding hydrogens is 747 g/mol. The summed E-state index contributed by atoms with van der Waals surface area (Å²) >= 11 is 2.33. The molecular formula is C46H33N5O2S2Si+2. The van der Waals surface area contributed by atoms with Gasteiger partial charge in [0.1, 0.15) is 11.6 Å². The zero-order valence-corrected chi connectivity index (χ0v) is 32.8. The number of fused-ring (bicyclic) bond motifs is 2. The monoisotopic (exact) mass is 779 g/mol. The number of nitriles is 1. The Bertz CT molecular complexity index is 2880. The molecule has 0 spiro atoms. The third kappa shape index (κ3) is 6.87. The predicted molar refractivity (Wildman–Crippen MR) is 228 cm³/mol. The van der Waals surface area contributed by atoms with Gasteiger partial charge in [0, 0.05) is 43.8 Å². The molecule has 0 unspecified atom stereocenters. The number of nitrogens with zero attached hydrogens (tertiary/aromatic N) is 5. The molecule has 7 nitrogen and oxygen atoms in total. The van der Waals surface area contributed by atoms with Crippen LogP contribution in [-0.2, 0) is 0 Å². The molecule has 7 aromatic carbocycles. The fourth-order valence-corrected chi connectivity index (χ4v) is 14.1. The molecule has 0 atom stereocenters. The first-order valence-corrected chi connectivity index (χ1v) is 21.5. The minimum Gasteiger partial charge on any atom is -0.200 e. The van der Waals surface area contributed by atoms with E-state index in [1.54, 1.807) is 6.07 Å². The first-order valence-electron chi connectivity index (χ1n) is 17.9. The van der Waals surface area contributed by atoms with Crippen LogP contribution in [-0.4, -0.2) is 18.3 Å². The summed E-state index contributed by atoms with van der Waals surface area (Å²) in [6.45, 7) is 1.91. The van der Waals surface area contributed by atoms with E-state index in [9.17, 15) is 9.59 Å². The molecule has 9 rings (SSSR count). The van der Waals surface area contributed by atoms with Gasteiger partial charge in [0.2, 0.25) is 11.4 Å². The van der Waals surface area contributed by atoms with Crippen molar-refractivity contribution in [3.05, 3.63) is 212 Å². The molecule has 9 aromatic rings. The van der Waals surface area contributed by atoms with Crippen molar-refractivity contribution < 1.29 is 9.36 Å². The van der Waals surface area contributed by atoms with Crippen LogP contribution in [0.3, 0.4) is 0 Å². The Kier molecular flexibility index (Phi) is 10.3. The van der Waals surface area contributed by atoms with Crippen LogP contribution in [0.5, 0.6) is 0 Å². The van der Waals surface area contributed by atoms with Gasteiger partial charge in [-0.15, -0.1) is 0 Å². The highest BCUT2D eigenvalue weighted by molar-refractivity contribution is 7.25. The van der Waals surface area contributed by atoms with E-state index in [0.29, 0.717) is 15.8 Å². The lowest BCUT2D eigenvalue weighted by Gasteiger charge is -2.34. The molecule has 10 heteroatoms. The highest BCUT2D eigenvalue weighted by atomic mass is 32.1. The van der Waals surface area contributed by atoms with E-state index >= 15 is 0 Å². The smallest absolute Gasteiger partial charge is 0.200 e. The van der Waals surface area contributed by atoms with Crippen LogP contribution in [0.1, 0.15) is 11.1 Å². The highest BCUT2D eigenvalue weighted by Gasteiger charge is 2.43. The summed E-state index contributed by atoms with van der Waals surface area (Å²) < 4.78 is 4.45. The second kappa shape index (κ2) is 15.9. The Morgan fingerprint density at radius 3 is 1.41 bits per heavy atom. The molecule has 0 saturated carbocycles. The van der Waals surface area contributed by atoms with Crippen molar-refractivity contribution in [2.24, 2.45) is 0 Å². The van der Waals surface area contributed by atoms with E-state index in [4.69, 9.17) is 10.4 Å². The second-order valence-electron chi connectivity index (χ2n) is 13.0. The molecule has 56 heavy (non-hydrogen) atoms. The van der Waals surface area contributed by atoms with Crippen molar-refractivity contribution in [3.8, 4) is 17.4 Å². The van der Waals surface area contributed by atoms with Crippen molar-refractivity contribution in [1.29, 1.82) is 5.26 Å². The molecule has 0 aliphatic rings. The summed E-state index contributed by atoms with van der Waals surface area (Å²) in [6.07, 6.45) is 0. The van der Waals surface area contributed by atoms with E-state index in [1.807, 2.05) is 79.7 Å². The summed E-state index contributed by atoms with van der Waals surface area (Å²) in [5.41, 5.74) is 4.41. The minimum atomic E-state index is -2.76. The first kappa shape index (κ1) is 36.2. The minimum absolute atomic E-state index is 0.0989. The maximum absolute atomic E-state index is 13.5. The van der Waals surface area contributed by atoms with Crippen molar-refractivity contribution >= 4 is 71.9 Å². The van der Waals surface area contributed by atoms with Gasteiger partial charge in [0.05, 0.1) is 15.0 Å². The molecule has 0 bridgehead atoms. The number of hydrogen-bond acceptors (Lipinski definition) is 7. The van der Waals surface area contributed by atoms with Crippen LogP contribution in [0.15, 0.2) is 192 Å². The quantitative estimate of drug-likeness (QED) is 0.128. The summed E-state index contributed by atoms with van der Waals surface area (Å²) in [6, 6.07) is 63.1. The van der Waals surface area contributed by atoms with Gasteiger partial charge in [0.15, 0.2) is 13.6 Å². The van der Waals surface area contributed by atoms with E-state index in [2.05, 4.69) is 114 Å². The van der Waals surface area contributed by atoms with Gasteiger partial charge in [-0.05, 0) is 74.1 Å². The SMILES string of the molecule is Cc1cc(C#N)c2sc(=O)[n+](-c3ccccc3)nc2c1.O=c1sc2c([Si](c3ccccc3)(c3ccccc3)c3ccccc3)cccc2n[n+]1-c1ccccc1. The first-order chi connectivity index (χ1) is 27.5. The molecule has 0 aliphatic carbocycles. The lowest BCUT2D eigenvalue weighted by molar-refractivity contribution is -0.667. The number of hydrogen-bond donors (Lipinski definition) is 0. The summed E-state index contributed by atoms with van der Waals surface area (Å²) in [5, 5.41) is 23.4. The molecule has 0 aliphatic heterocycles. The zero-order valence-electron chi connectivity index (χ0n) is 30.2. The maximum atomic E-state index is 13.5. The van der Waals surface area contributed by atoms with Gasteiger partial charge in [-0.25, -0.2) is 9.59 Å². The summed E-state index contributed by atoms with van der Waals surface area (Å²) in [4.78, 5) is 25.3. The fourth-order valence-electron chi connectivity index (χ4n) is 7.08. The molecule has 2 aromatic heterocycles. The lowest BCUT2D eigenvalue weighted by atomic mass is 10.1. The van der Waals surface area contributed by atoms with Crippen molar-refractivity contribution in [2.45, 2.75) is 6.92 Å². The molecule has 0 saturated heterocycles. The lowest BCUT2D eigenvalue weighted by Crippen LogP contribution is -2.74. The standard InChI is InChI=1S/C31H23N2OSSi.C15H10N3OS/c34-31-33(24-14-5-1-6-15-24)32-28-22-13-23-29(30(28)35-31)36(25-16-7-2-8-17-25,26-18-9-3-10-19-26)27-20-11-4-12-21-27;1-10-7-11(9-16)14-13(8-10)17-18(15(19)20-14)12-5-3-2-4-6-12/h1-23H;2-8H,1H3/q2*+1. The Morgan fingerprint density at radius 2 is 0.946 bits per heavy atom. The predicted octanol–water partition coefficient (Wildman–Crippen LogP) is 5.42. The second-order valence-corrected chi connectivity index (χ2v) is 18.7. The van der Waals surface area contributed by atoms with Gasteiger partial charge in [-0.2, -0.15) is 5.26 Å². The number of benzene rings is 7. The van der Waals surface area contributed by atoms with Gasteiger partial charge < -0.3 is 0 Å². The summed E-state index contributed by atoms with van der Waals surface area (Å²) in [5.74, 6) is 0. The largest absolute Gasteiger partial charge is 0.504 e. The van der Waals surface area contributed by atoms with Crippen LogP contribution in [0, 0.1) is 18.3 Å². The van der Waals surface area contributed by atoms with Gasteiger partial charge >= 0.3 is 9.75 Å². The average molecular weight is 780 g/mol. The number of para-hydroxylation sites is 2. The molecule has 268 valence electrons. The van der Waals surface area contributed by atoms with Crippen LogP contribution >= 0.6 is 22.7 Å². The van der Waals surface area contributed by atoms with Crippen molar-refractivity contribution in [2.75, 3.05) is 0 Å².